The highest BCUT2D eigenvalue weighted by molar-refractivity contribution is 5.48. The number of methoxy groups -OCH3 is 1. The van der Waals surface area contributed by atoms with E-state index in [9.17, 15) is 5.11 Å². The molecule has 5 nitrogen and oxygen atoms in total. The zero-order valence-electron chi connectivity index (χ0n) is 29.0. The van der Waals surface area contributed by atoms with Crippen LogP contribution in [0.25, 0.3) is 0 Å². The number of aliphatic hydroxyl groups is 1. The Morgan fingerprint density at radius 1 is 0.714 bits per heavy atom. The monoisotopic (exact) mass is 655 g/mol. The Labute approximate surface area is 292 Å². The molecule has 0 saturated carbocycles. The maximum Gasteiger partial charge on any atom is 0.144 e. The smallest absolute Gasteiger partial charge is 0.144 e. The number of piperidine rings is 1. The summed E-state index contributed by atoms with van der Waals surface area (Å²) in [6.07, 6.45) is -0.0733. The van der Waals surface area contributed by atoms with Gasteiger partial charge in [-0.2, -0.15) is 0 Å². The molecule has 1 aliphatic heterocycles. The van der Waals surface area contributed by atoms with Gasteiger partial charge in [0.15, 0.2) is 0 Å². The second-order valence-electron chi connectivity index (χ2n) is 13.5. The van der Waals surface area contributed by atoms with Gasteiger partial charge in [-0.15, -0.1) is 0 Å². The average molecular weight is 656 g/mol. The highest BCUT2D eigenvalue weighted by Gasteiger charge is 2.52. The van der Waals surface area contributed by atoms with Gasteiger partial charge in [0.2, 0.25) is 0 Å². The Bertz CT molecular complexity index is 1600. The molecule has 1 N–H and O–H groups in total. The highest BCUT2D eigenvalue weighted by Crippen LogP contribution is 2.47. The van der Waals surface area contributed by atoms with Gasteiger partial charge in [-0.3, -0.25) is 4.90 Å². The molecule has 0 bridgehead atoms. The van der Waals surface area contributed by atoms with Crippen molar-refractivity contribution < 1.29 is 19.3 Å². The van der Waals surface area contributed by atoms with Crippen LogP contribution in [-0.2, 0) is 38.6 Å². The molecule has 4 atom stereocenters. The summed E-state index contributed by atoms with van der Waals surface area (Å²) >= 11 is 0. The molecule has 5 aromatic carbocycles. The lowest BCUT2D eigenvalue weighted by Crippen LogP contribution is -2.61. The second kappa shape index (κ2) is 16.1. The Morgan fingerprint density at radius 3 is 1.73 bits per heavy atom. The molecule has 1 aliphatic rings. The molecule has 1 heterocycles. The van der Waals surface area contributed by atoms with E-state index < -0.39 is 17.3 Å². The third kappa shape index (κ3) is 7.72. The van der Waals surface area contributed by atoms with Crippen molar-refractivity contribution in [2.24, 2.45) is 5.92 Å². The van der Waals surface area contributed by atoms with Crippen LogP contribution in [0.5, 0.6) is 0 Å². The van der Waals surface area contributed by atoms with E-state index >= 15 is 0 Å². The van der Waals surface area contributed by atoms with Crippen molar-refractivity contribution in [1.82, 2.24) is 4.90 Å². The molecule has 0 aromatic heterocycles. The van der Waals surface area contributed by atoms with E-state index in [0.717, 1.165) is 40.9 Å². The van der Waals surface area contributed by atoms with E-state index in [1.807, 2.05) is 18.2 Å². The SMILES string of the molecule is COCC(C)COCc1ccc(C2(O)CCN(Cc3ccccc3)C(C)C2OC(c2ccccc2)(c2ccccc2)c2ccccc2)cc1. The number of nitrogens with zero attached hydrogens (tertiary/aromatic N) is 1. The third-order valence-corrected chi connectivity index (χ3v) is 9.91. The Hall–Kier alpha value is -4.10. The predicted octanol–water partition coefficient (Wildman–Crippen LogP) is 8.35. The summed E-state index contributed by atoms with van der Waals surface area (Å²) in [5.41, 5.74) is 3.94. The molecule has 6 rings (SSSR count). The molecular formula is C44H49NO4. The minimum Gasteiger partial charge on any atom is -0.384 e. The summed E-state index contributed by atoms with van der Waals surface area (Å²) in [4.78, 5) is 2.45. The maximum atomic E-state index is 13.1. The highest BCUT2D eigenvalue weighted by atomic mass is 16.5. The van der Waals surface area contributed by atoms with Gasteiger partial charge in [0.25, 0.3) is 0 Å². The predicted molar refractivity (Wildman–Crippen MR) is 196 cm³/mol. The lowest BCUT2D eigenvalue weighted by molar-refractivity contribution is -0.207. The quantitative estimate of drug-likeness (QED) is 0.122. The van der Waals surface area contributed by atoms with Crippen molar-refractivity contribution in [2.45, 2.75) is 56.8 Å². The first kappa shape index (κ1) is 34.8. The third-order valence-electron chi connectivity index (χ3n) is 9.91. The van der Waals surface area contributed by atoms with Gasteiger partial charge in [0.05, 0.1) is 19.8 Å². The van der Waals surface area contributed by atoms with E-state index in [-0.39, 0.29) is 6.04 Å². The zero-order chi connectivity index (χ0) is 34.1. The van der Waals surface area contributed by atoms with Crippen LogP contribution in [0.2, 0.25) is 0 Å². The molecule has 5 aromatic rings. The van der Waals surface area contributed by atoms with Crippen LogP contribution in [-0.4, -0.2) is 49.0 Å². The van der Waals surface area contributed by atoms with E-state index in [4.69, 9.17) is 14.2 Å². The van der Waals surface area contributed by atoms with Crippen molar-refractivity contribution in [3.8, 4) is 0 Å². The zero-order valence-corrected chi connectivity index (χ0v) is 29.0. The van der Waals surface area contributed by atoms with Crippen molar-refractivity contribution in [2.75, 3.05) is 26.9 Å². The summed E-state index contributed by atoms with van der Waals surface area (Å²) in [7, 11) is 1.72. The topological polar surface area (TPSA) is 51.2 Å². The molecule has 0 amide bonds. The molecule has 254 valence electrons. The minimum atomic E-state index is -1.26. The fourth-order valence-electron chi connectivity index (χ4n) is 7.31. The number of hydrogen-bond donors (Lipinski definition) is 1. The minimum absolute atomic E-state index is 0.125. The van der Waals surface area contributed by atoms with Gasteiger partial charge >= 0.3 is 0 Å². The summed E-state index contributed by atoms with van der Waals surface area (Å²) in [5.74, 6) is 0.324. The fraction of sp³-hybridized carbons (Fsp3) is 0.318. The van der Waals surface area contributed by atoms with Gasteiger partial charge < -0.3 is 19.3 Å². The van der Waals surface area contributed by atoms with E-state index in [1.165, 1.54) is 5.56 Å². The summed E-state index contributed by atoms with van der Waals surface area (Å²) < 4.78 is 19.0. The molecule has 1 fully saturated rings. The van der Waals surface area contributed by atoms with Gasteiger partial charge in [0, 0.05) is 32.2 Å². The largest absolute Gasteiger partial charge is 0.384 e. The van der Waals surface area contributed by atoms with E-state index in [0.29, 0.717) is 32.2 Å². The van der Waals surface area contributed by atoms with Crippen LogP contribution in [0.1, 0.15) is 53.6 Å². The molecule has 4 unspecified atom stereocenters. The molecule has 1 saturated heterocycles. The Morgan fingerprint density at radius 2 is 1.22 bits per heavy atom. The van der Waals surface area contributed by atoms with Crippen LogP contribution in [0, 0.1) is 5.92 Å². The van der Waals surface area contributed by atoms with Crippen LogP contribution in [0.15, 0.2) is 146 Å². The molecule has 49 heavy (non-hydrogen) atoms. The van der Waals surface area contributed by atoms with Crippen molar-refractivity contribution in [1.29, 1.82) is 0 Å². The molecular weight excluding hydrogens is 606 g/mol. The Balaban J connectivity index is 1.42. The summed E-state index contributed by atoms with van der Waals surface area (Å²) in [6.45, 7) is 7.62. The van der Waals surface area contributed by atoms with Crippen LogP contribution in [0.3, 0.4) is 0 Å². The molecule has 5 heteroatoms. The molecule has 0 aliphatic carbocycles. The maximum absolute atomic E-state index is 13.1. The average Bonchev–Trinajstić information content (AvgIpc) is 3.15. The first-order valence-corrected chi connectivity index (χ1v) is 17.4. The molecule has 0 radical (unpaired) electrons. The van der Waals surface area contributed by atoms with Crippen molar-refractivity contribution in [3.63, 3.8) is 0 Å². The fourth-order valence-corrected chi connectivity index (χ4v) is 7.31. The van der Waals surface area contributed by atoms with Crippen LogP contribution < -0.4 is 0 Å². The number of benzene rings is 5. The lowest BCUT2D eigenvalue weighted by atomic mass is 9.75. The number of hydrogen-bond acceptors (Lipinski definition) is 5. The van der Waals surface area contributed by atoms with Crippen LogP contribution >= 0.6 is 0 Å². The number of ether oxygens (including phenoxy) is 3. The first-order chi connectivity index (χ1) is 23.9. The summed E-state index contributed by atoms with van der Waals surface area (Å²) in [5, 5.41) is 13.1. The summed E-state index contributed by atoms with van der Waals surface area (Å²) in [6, 6.07) is 50.0. The van der Waals surface area contributed by atoms with Crippen LogP contribution in [0.4, 0.5) is 0 Å². The van der Waals surface area contributed by atoms with Crippen molar-refractivity contribution >= 4 is 0 Å². The van der Waals surface area contributed by atoms with Gasteiger partial charge in [-0.05, 0) is 46.7 Å². The van der Waals surface area contributed by atoms with Gasteiger partial charge in [-0.25, -0.2) is 0 Å². The lowest BCUT2D eigenvalue weighted by Gasteiger charge is -2.52. The normalized spacial score (nSPS) is 20.6. The van der Waals surface area contributed by atoms with Crippen molar-refractivity contribution in [3.05, 3.63) is 179 Å². The van der Waals surface area contributed by atoms with Gasteiger partial charge in [0.1, 0.15) is 17.3 Å². The Kier molecular flexibility index (Phi) is 11.4. The molecule has 0 spiro atoms. The second-order valence-corrected chi connectivity index (χ2v) is 13.5. The number of rotatable bonds is 14. The van der Waals surface area contributed by atoms with Gasteiger partial charge in [-0.1, -0.05) is 153 Å². The standard InChI is InChI=1S/C44H49NO4/c1-34(31-47-3)32-48-33-37-24-26-38(27-25-37)43(46)28-29-45(30-36-16-8-4-9-17-36)35(2)42(43)49-44(39-18-10-5-11-19-39,40-20-12-6-13-21-40)41-22-14-7-15-23-41/h4-27,34-35,42,46H,28-33H2,1-3H3. The number of likely N-dealkylation sites (tertiary alicyclic amines) is 1. The first-order valence-electron chi connectivity index (χ1n) is 17.4. The van der Waals surface area contributed by atoms with E-state index in [1.54, 1.807) is 7.11 Å². The van der Waals surface area contributed by atoms with E-state index in [2.05, 4.69) is 146 Å².